The van der Waals surface area contributed by atoms with E-state index in [0.717, 1.165) is 39.0 Å². The van der Waals surface area contributed by atoms with Crippen molar-refractivity contribution in [1.82, 2.24) is 25.5 Å². The number of anilines is 1. The number of hydrogen-bond donors (Lipinski definition) is 2. The summed E-state index contributed by atoms with van der Waals surface area (Å²) in [7, 11) is 0. The maximum absolute atomic E-state index is 12.3. The molecule has 3 rings (SSSR count). The number of piperazine rings is 1. The van der Waals surface area contributed by atoms with Gasteiger partial charge in [-0.05, 0) is 25.5 Å². The van der Waals surface area contributed by atoms with Gasteiger partial charge in [0.2, 0.25) is 17.8 Å². The highest BCUT2D eigenvalue weighted by Crippen LogP contribution is 2.11. The average molecular weight is 346 g/mol. The summed E-state index contributed by atoms with van der Waals surface area (Å²) in [6.07, 6.45) is 5.77. The quantitative estimate of drug-likeness (QED) is 0.756. The molecule has 0 bridgehead atoms. The molecule has 3 heterocycles. The monoisotopic (exact) mass is 346 g/mol. The van der Waals surface area contributed by atoms with E-state index in [2.05, 4.69) is 25.5 Å². The van der Waals surface area contributed by atoms with Crippen molar-refractivity contribution in [1.29, 1.82) is 0 Å². The molecule has 0 saturated carbocycles. The Kier molecular flexibility index (Phi) is 6.16. The van der Waals surface area contributed by atoms with Crippen LogP contribution >= 0.6 is 0 Å². The summed E-state index contributed by atoms with van der Waals surface area (Å²) in [6.45, 7) is 4.93. The molecular formula is C17H26N6O2. The topological polar surface area (TPSA) is 90.5 Å². The molecule has 0 spiro atoms. The molecule has 0 aliphatic carbocycles. The van der Waals surface area contributed by atoms with Crippen LogP contribution in [0.4, 0.5) is 5.95 Å². The fourth-order valence-corrected chi connectivity index (χ4v) is 3.28. The van der Waals surface area contributed by atoms with Crippen LogP contribution in [0.15, 0.2) is 18.5 Å². The van der Waals surface area contributed by atoms with Crippen LogP contribution in [0.5, 0.6) is 0 Å². The minimum Gasteiger partial charge on any atom is -0.355 e. The van der Waals surface area contributed by atoms with Crippen LogP contribution in [0.1, 0.15) is 19.3 Å². The summed E-state index contributed by atoms with van der Waals surface area (Å²) < 4.78 is 0. The molecule has 25 heavy (non-hydrogen) atoms. The van der Waals surface area contributed by atoms with Gasteiger partial charge in [0.25, 0.3) is 0 Å². The van der Waals surface area contributed by atoms with Gasteiger partial charge in [-0.25, -0.2) is 9.97 Å². The first-order chi connectivity index (χ1) is 12.2. The molecule has 2 fully saturated rings. The normalized spacial score (nSPS) is 21.0. The molecule has 1 unspecified atom stereocenters. The molecule has 1 atom stereocenters. The second kappa shape index (κ2) is 8.75. The summed E-state index contributed by atoms with van der Waals surface area (Å²) in [5.41, 5.74) is 0. The molecule has 1 aromatic rings. The number of nitrogens with one attached hydrogen (secondary N) is 2. The summed E-state index contributed by atoms with van der Waals surface area (Å²) in [6, 6.07) is 1.79. The number of carbonyl (C=O) groups excluding carboxylic acids is 2. The molecule has 136 valence electrons. The van der Waals surface area contributed by atoms with Gasteiger partial charge in [0, 0.05) is 58.1 Å². The van der Waals surface area contributed by atoms with Gasteiger partial charge in [0.05, 0.1) is 5.92 Å². The Balaban J connectivity index is 1.36. The number of rotatable bonds is 5. The molecular weight excluding hydrogens is 320 g/mol. The van der Waals surface area contributed by atoms with Crippen LogP contribution in [-0.4, -0.2) is 72.5 Å². The van der Waals surface area contributed by atoms with Crippen LogP contribution < -0.4 is 15.5 Å². The SMILES string of the molecule is O=C(NCCC(=O)N1CCN(c2ncccn2)CC1)C1CCCNC1. The van der Waals surface area contributed by atoms with Crippen molar-refractivity contribution >= 4 is 17.8 Å². The number of piperidine rings is 1. The average Bonchev–Trinajstić information content (AvgIpc) is 2.69. The lowest BCUT2D eigenvalue weighted by molar-refractivity contribution is -0.131. The highest BCUT2D eigenvalue weighted by molar-refractivity contribution is 5.80. The number of aromatic nitrogens is 2. The van der Waals surface area contributed by atoms with Crippen molar-refractivity contribution < 1.29 is 9.59 Å². The lowest BCUT2D eigenvalue weighted by atomic mass is 9.99. The molecule has 2 aliphatic heterocycles. The number of carbonyl (C=O) groups is 2. The highest BCUT2D eigenvalue weighted by atomic mass is 16.2. The van der Waals surface area contributed by atoms with Gasteiger partial charge in [-0.15, -0.1) is 0 Å². The maximum Gasteiger partial charge on any atom is 0.225 e. The van der Waals surface area contributed by atoms with Crippen LogP contribution in [0.3, 0.4) is 0 Å². The minimum absolute atomic E-state index is 0.0401. The van der Waals surface area contributed by atoms with E-state index in [9.17, 15) is 9.59 Å². The fraction of sp³-hybridized carbons (Fsp3) is 0.647. The molecule has 0 aromatic carbocycles. The largest absolute Gasteiger partial charge is 0.355 e. The standard InChI is InChI=1S/C17H26N6O2/c24-15(4-8-19-16(25)14-3-1-5-18-13-14)22-9-11-23(12-10-22)17-20-6-2-7-21-17/h2,6-7,14,18H,1,3-5,8-13H2,(H,19,25). The Hall–Kier alpha value is -2.22. The molecule has 0 radical (unpaired) electrons. The van der Waals surface area contributed by atoms with Crippen molar-refractivity contribution in [2.24, 2.45) is 5.92 Å². The van der Waals surface area contributed by atoms with Crippen LogP contribution in [0.25, 0.3) is 0 Å². The van der Waals surface area contributed by atoms with Gasteiger partial charge in [0.1, 0.15) is 0 Å². The first kappa shape index (κ1) is 17.6. The summed E-state index contributed by atoms with van der Waals surface area (Å²) in [5, 5.41) is 6.13. The van der Waals surface area contributed by atoms with Gasteiger partial charge in [-0.3, -0.25) is 9.59 Å². The first-order valence-corrected chi connectivity index (χ1v) is 9.02. The highest BCUT2D eigenvalue weighted by Gasteiger charge is 2.23. The van der Waals surface area contributed by atoms with E-state index in [-0.39, 0.29) is 17.7 Å². The molecule has 2 aliphatic rings. The smallest absolute Gasteiger partial charge is 0.225 e. The fourth-order valence-electron chi connectivity index (χ4n) is 3.28. The summed E-state index contributed by atoms with van der Waals surface area (Å²) in [4.78, 5) is 36.8. The third kappa shape index (κ3) is 4.88. The first-order valence-electron chi connectivity index (χ1n) is 9.02. The molecule has 2 N–H and O–H groups in total. The Bertz CT molecular complexity index is 568. The molecule has 2 amide bonds. The zero-order chi connectivity index (χ0) is 17.5. The molecule has 8 heteroatoms. The van der Waals surface area contributed by atoms with E-state index < -0.39 is 0 Å². The van der Waals surface area contributed by atoms with Gasteiger partial charge in [-0.2, -0.15) is 0 Å². The molecule has 2 saturated heterocycles. The number of nitrogens with zero attached hydrogens (tertiary/aromatic N) is 4. The lowest BCUT2D eigenvalue weighted by Crippen LogP contribution is -2.50. The van der Waals surface area contributed by atoms with E-state index in [1.54, 1.807) is 18.5 Å². The van der Waals surface area contributed by atoms with Crippen LogP contribution in [-0.2, 0) is 9.59 Å². The Labute approximate surface area is 148 Å². The lowest BCUT2D eigenvalue weighted by Gasteiger charge is -2.34. The Morgan fingerprint density at radius 3 is 2.64 bits per heavy atom. The van der Waals surface area contributed by atoms with Crippen molar-refractivity contribution in [3.8, 4) is 0 Å². The van der Waals surface area contributed by atoms with Crippen LogP contribution in [0.2, 0.25) is 0 Å². The Morgan fingerprint density at radius 2 is 1.96 bits per heavy atom. The number of hydrogen-bond acceptors (Lipinski definition) is 6. The third-order valence-electron chi connectivity index (χ3n) is 4.77. The Morgan fingerprint density at radius 1 is 1.20 bits per heavy atom. The van der Waals surface area contributed by atoms with E-state index in [1.165, 1.54) is 0 Å². The van der Waals surface area contributed by atoms with Crippen LogP contribution in [0, 0.1) is 5.92 Å². The van der Waals surface area contributed by atoms with E-state index in [0.29, 0.717) is 32.0 Å². The molecule has 8 nitrogen and oxygen atoms in total. The predicted molar refractivity (Wildman–Crippen MR) is 94.0 cm³/mol. The van der Waals surface area contributed by atoms with E-state index >= 15 is 0 Å². The van der Waals surface area contributed by atoms with Gasteiger partial charge < -0.3 is 20.4 Å². The van der Waals surface area contributed by atoms with Crippen molar-refractivity contribution in [3.05, 3.63) is 18.5 Å². The number of amides is 2. The van der Waals surface area contributed by atoms with Crippen molar-refractivity contribution in [2.75, 3.05) is 50.7 Å². The zero-order valence-electron chi connectivity index (χ0n) is 14.5. The van der Waals surface area contributed by atoms with Gasteiger partial charge in [-0.1, -0.05) is 0 Å². The van der Waals surface area contributed by atoms with Crippen molar-refractivity contribution in [3.63, 3.8) is 0 Å². The van der Waals surface area contributed by atoms with Gasteiger partial charge in [0.15, 0.2) is 0 Å². The summed E-state index contributed by atoms with van der Waals surface area (Å²) in [5.74, 6) is 0.906. The van der Waals surface area contributed by atoms with Gasteiger partial charge >= 0.3 is 0 Å². The zero-order valence-corrected chi connectivity index (χ0v) is 14.5. The predicted octanol–water partition coefficient (Wildman–Crippen LogP) is -0.369. The van der Waals surface area contributed by atoms with E-state index in [1.807, 2.05) is 4.90 Å². The maximum atomic E-state index is 12.3. The van der Waals surface area contributed by atoms with Crippen molar-refractivity contribution in [2.45, 2.75) is 19.3 Å². The third-order valence-corrected chi connectivity index (χ3v) is 4.77. The second-order valence-electron chi connectivity index (χ2n) is 6.50. The second-order valence-corrected chi connectivity index (χ2v) is 6.50. The minimum atomic E-state index is 0.0401. The van der Waals surface area contributed by atoms with E-state index in [4.69, 9.17) is 0 Å². The molecule has 1 aromatic heterocycles. The summed E-state index contributed by atoms with van der Waals surface area (Å²) >= 11 is 0.